The van der Waals surface area contributed by atoms with Crippen LogP contribution in [0.3, 0.4) is 0 Å². The number of carbonyl (C=O) groups is 2. The molecule has 0 bridgehead atoms. The second-order valence-electron chi connectivity index (χ2n) is 9.31. The molecule has 6 nitrogen and oxygen atoms in total. The molecule has 0 radical (unpaired) electrons. The van der Waals surface area contributed by atoms with Crippen LogP contribution >= 0.6 is 23.2 Å². The van der Waals surface area contributed by atoms with E-state index in [2.05, 4.69) is 0 Å². The van der Waals surface area contributed by atoms with E-state index in [1.165, 1.54) is 4.90 Å². The van der Waals surface area contributed by atoms with Crippen LogP contribution in [0.5, 0.6) is 0 Å². The Hall–Kier alpha value is -2.44. The van der Waals surface area contributed by atoms with E-state index in [0.717, 1.165) is 24.0 Å². The lowest BCUT2D eigenvalue weighted by molar-refractivity contribution is 0.0242. The molecule has 8 heteroatoms. The SMILES string of the molecule is CCCCC(COC(=O)N(Cc1ccc(Cl)cc1)Cc1ccc(Cl)cc1)N(C(=O)O)C(C)(C)C. The van der Waals surface area contributed by atoms with Crippen LogP contribution in [0.1, 0.15) is 58.1 Å². The zero-order valence-corrected chi connectivity index (χ0v) is 21.8. The van der Waals surface area contributed by atoms with Crippen molar-refractivity contribution in [1.82, 2.24) is 9.80 Å². The fraction of sp³-hybridized carbons (Fsp3) is 0.462. The van der Waals surface area contributed by atoms with E-state index in [1.807, 2.05) is 52.0 Å². The molecule has 0 heterocycles. The lowest BCUT2D eigenvalue weighted by Gasteiger charge is -2.39. The Morgan fingerprint density at radius 3 is 1.79 bits per heavy atom. The number of halogens is 2. The molecule has 0 aliphatic carbocycles. The minimum Gasteiger partial charge on any atom is -0.465 e. The summed E-state index contributed by atoms with van der Waals surface area (Å²) in [4.78, 5) is 28.2. The predicted octanol–water partition coefficient (Wildman–Crippen LogP) is 7.47. The highest BCUT2D eigenvalue weighted by atomic mass is 35.5. The number of carboxylic acid groups (broad SMARTS) is 1. The highest BCUT2D eigenvalue weighted by Gasteiger charge is 2.34. The molecule has 1 atom stereocenters. The van der Waals surface area contributed by atoms with Crippen LogP contribution in [0.4, 0.5) is 9.59 Å². The summed E-state index contributed by atoms with van der Waals surface area (Å²) in [6.45, 7) is 8.20. The van der Waals surface area contributed by atoms with E-state index >= 15 is 0 Å². The Bertz CT molecular complexity index is 880. The zero-order valence-electron chi connectivity index (χ0n) is 20.3. The fourth-order valence-corrected chi connectivity index (χ4v) is 4.03. The van der Waals surface area contributed by atoms with Gasteiger partial charge in [0.25, 0.3) is 0 Å². The van der Waals surface area contributed by atoms with Gasteiger partial charge in [0.1, 0.15) is 6.61 Å². The molecular weight excluding hydrogens is 475 g/mol. The van der Waals surface area contributed by atoms with Gasteiger partial charge in [-0.05, 0) is 62.6 Å². The number of hydrogen-bond donors (Lipinski definition) is 1. The third-order valence-corrected chi connectivity index (χ3v) is 5.92. The Kier molecular flexibility index (Phi) is 10.5. The van der Waals surface area contributed by atoms with Crippen LogP contribution in [0.2, 0.25) is 10.0 Å². The third kappa shape index (κ3) is 8.73. The number of benzene rings is 2. The number of rotatable bonds is 10. The molecule has 0 fully saturated rings. The zero-order chi connectivity index (χ0) is 25.3. The van der Waals surface area contributed by atoms with Crippen molar-refractivity contribution >= 4 is 35.4 Å². The normalized spacial score (nSPS) is 12.2. The average molecular weight is 509 g/mol. The van der Waals surface area contributed by atoms with Crippen LogP contribution in [0.15, 0.2) is 48.5 Å². The number of carbonyl (C=O) groups excluding carboxylic acids is 1. The summed E-state index contributed by atoms with van der Waals surface area (Å²) < 4.78 is 5.71. The van der Waals surface area contributed by atoms with E-state index in [1.54, 1.807) is 29.2 Å². The summed E-state index contributed by atoms with van der Waals surface area (Å²) in [5, 5.41) is 11.1. The van der Waals surface area contributed by atoms with Crippen molar-refractivity contribution in [2.45, 2.75) is 71.6 Å². The number of nitrogens with zero attached hydrogens (tertiary/aromatic N) is 2. The van der Waals surface area contributed by atoms with Gasteiger partial charge in [-0.2, -0.15) is 0 Å². The summed E-state index contributed by atoms with van der Waals surface area (Å²) >= 11 is 12.0. The van der Waals surface area contributed by atoms with E-state index in [0.29, 0.717) is 29.6 Å². The highest BCUT2D eigenvalue weighted by Crippen LogP contribution is 2.22. The Labute approximate surface area is 212 Å². The maximum Gasteiger partial charge on any atom is 0.410 e. The minimum atomic E-state index is -1.02. The second kappa shape index (κ2) is 12.9. The summed E-state index contributed by atoms with van der Waals surface area (Å²) in [5.74, 6) is 0. The first kappa shape index (κ1) is 27.8. The molecule has 0 aromatic heterocycles. The monoisotopic (exact) mass is 508 g/mol. The quantitative estimate of drug-likeness (QED) is 0.361. The standard InChI is InChI=1S/C26H34Cl2N2O4/c1-5-6-7-23(30(24(31)32)26(2,3)4)18-34-25(33)29(16-19-8-12-21(27)13-9-19)17-20-10-14-22(28)15-11-20/h8-15,23H,5-7,16-18H2,1-4H3,(H,31,32). The third-order valence-electron chi connectivity index (χ3n) is 5.42. The molecule has 2 aromatic rings. The number of unbranched alkanes of at least 4 members (excludes halogenated alkanes) is 1. The van der Waals surface area contributed by atoms with Crippen molar-refractivity contribution in [3.8, 4) is 0 Å². The molecule has 0 aliphatic heterocycles. The van der Waals surface area contributed by atoms with Gasteiger partial charge in [-0.25, -0.2) is 9.59 Å². The van der Waals surface area contributed by atoms with Crippen LogP contribution in [0.25, 0.3) is 0 Å². The summed E-state index contributed by atoms with van der Waals surface area (Å²) in [6, 6.07) is 14.1. The van der Waals surface area contributed by atoms with Crippen molar-refractivity contribution < 1.29 is 19.4 Å². The van der Waals surface area contributed by atoms with Gasteiger partial charge in [-0.15, -0.1) is 0 Å². The summed E-state index contributed by atoms with van der Waals surface area (Å²) in [6.07, 6.45) is 0.833. The Morgan fingerprint density at radius 1 is 0.941 bits per heavy atom. The maximum absolute atomic E-state index is 13.2. The first-order valence-electron chi connectivity index (χ1n) is 11.4. The van der Waals surface area contributed by atoms with Gasteiger partial charge < -0.3 is 9.84 Å². The molecule has 1 unspecified atom stereocenters. The van der Waals surface area contributed by atoms with Gasteiger partial charge in [0.2, 0.25) is 0 Å². The van der Waals surface area contributed by atoms with Crippen LogP contribution < -0.4 is 0 Å². The van der Waals surface area contributed by atoms with Crippen molar-refractivity contribution in [1.29, 1.82) is 0 Å². The molecule has 2 amide bonds. The van der Waals surface area contributed by atoms with Gasteiger partial charge in [0.05, 0.1) is 6.04 Å². The average Bonchev–Trinajstić information content (AvgIpc) is 2.76. The smallest absolute Gasteiger partial charge is 0.410 e. The molecule has 0 saturated carbocycles. The lowest BCUT2D eigenvalue weighted by Crippen LogP contribution is -2.53. The minimum absolute atomic E-state index is 0.0138. The van der Waals surface area contributed by atoms with Gasteiger partial charge in [-0.3, -0.25) is 9.80 Å². The van der Waals surface area contributed by atoms with E-state index in [9.17, 15) is 14.7 Å². The Balaban J connectivity index is 2.20. The Morgan fingerprint density at radius 2 is 1.41 bits per heavy atom. The maximum atomic E-state index is 13.2. The first-order chi connectivity index (χ1) is 16.0. The molecule has 0 spiro atoms. The number of hydrogen-bond acceptors (Lipinski definition) is 3. The van der Waals surface area contributed by atoms with E-state index < -0.39 is 23.8 Å². The van der Waals surface area contributed by atoms with Crippen LogP contribution in [0, 0.1) is 0 Å². The van der Waals surface area contributed by atoms with E-state index in [4.69, 9.17) is 27.9 Å². The largest absolute Gasteiger partial charge is 0.465 e. The molecule has 2 aromatic carbocycles. The van der Waals surface area contributed by atoms with Gasteiger partial charge >= 0.3 is 12.2 Å². The summed E-state index contributed by atoms with van der Waals surface area (Å²) in [7, 11) is 0. The van der Waals surface area contributed by atoms with E-state index in [-0.39, 0.29) is 6.61 Å². The lowest BCUT2D eigenvalue weighted by atomic mass is 10.0. The van der Waals surface area contributed by atoms with Gasteiger partial charge in [0.15, 0.2) is 0 Å². The fourth-order valence-electron chi connectivity index (χ4n) is 3.78. The second-order valence-corrected chi connectivity index (χ2v) is 10.2. The predicted molar refractivity (Wildman–Crippen MR) is 136 cm³/mol. The molecule has 2 rings (SSSR count). The first-order valence-corrected chi connectivity index (χ1v) is 12.2. The molecule has 34 heavy (non-hydrogen) atoms. The molecular formula is C26H34Cl2N2O4. The highest BCUT2D eigenvalue weighted by molar-refractivity contribution is 6.30. The molecule has 0 saturated heterocycles. The van der Waals surface area contributed by atoms with Gasteiger partial charge in [0, 0.05) is 28.7 Å². The van der Waals surface area contributed by atoms with Crippen molar-refractivity contribution in [3.63, 3.8) is 0 Å². The topological polar surface area (TPSA) is 70.1 Å². The van der Waals surface area contributed by atoms with Crippen molar-refractivity contribution in [2.75, 3.05) is 6.61 Å². The van der Waals surface area contributed by atoms with Crippen molar-refractivity contribution in [3.05, 3.63) is 69.7 Å². The molecule has 1 N–H and O–H groups in total. The van der Waals surface area contributed by atoms with Crippen molar-refractivity contribution in [2.24, 2.45) is 0 Å². The number of amides is 2. The molecule has 0 aliphatic rings. The van der Waals surface area contributed by atoms with Gasteiger partial charge in [-0.1, -0.05) is 67.2 Å². The van der Waals surface area contributed by atoms with Crippen LogP contribution in [-0.4, -0.2) is 45.3 Å². The van der Waals surface area contributed by atoms with Crippen LogP contribution in [-0.2, 0) is 17.8 Å². The molecule has 186 valence electrons. The number of ether oxygens (including phenoxy) is 1. The summed E-state index contributed by atoms with van der Waals surface area (Å²) in [5.41, 5.74) is 1.18.